The first kappa shape index (κ1) is 20.1. The smallest absolute Gasteiger partial charge is 0.293 e. The summed E-state index contributed by atoms with van der Waals surface area (Å²) in [5.41, 5.74) is 5.83. The number of carbonyl (C=O) groups is 3. The number of anilines is 1. The van der Waals surface area contributed by atoms with Gasteiger partial charge in [0.2, 0.25) is 11.8 Å². The van der Waals surface area contributed by atoms with E-state index in [2.05, 4.69) is 31.5 Å². The fourth-order valence-corrected chi connectivity index (χ4v) is 3.17. The van der Waals surface area contributed by atoms with E-state index in [0.29, 0.717) is 21.9 Å². The number of rotatable bonds is 8. The Hall–Kier alpha value is -2.20. The van der Waals surface area contributed by atoms with E-state index in [-0.39, 0.29) is 24.0 Å². The summed E-state index contributed by atoms with van der Waals surface area (Å²) in [5.74, 6) is -1.28. The first-order chi connectivity index (χ1) is 12.3. The molecule has 2 aromatic heterocycles. The van der Waals surface area contributed by atoms with Crippen LogP contribution >= 0.6 is 27.3 Å². The number of primary amides is 1. The topological polar surface area (TPSA) is 127 Å². The minimum Gasteiger partial charge on any atom is -0.444 e. The Kier molecular flexibility index (Phi) is 6.92. The van der Waals surface area contributed by atoms with Crippen molar-refractivity contribution < 1.29 is 18.8 Å². The fourth-order valence-electron chi connectivity index (χ4n) is 2.16. The van der Waals surface area contributed by atoms with E-state index >= 15 is 0 Å². The predicted octanol–water partition coefficient (Wildman–Crippen LogP) is 2.31. The number of nitrogens with zero attached hydrogens (tertiary/aromatic N) is 1. The number of aromatic nitrogens is 1. The molecule has 2 rings (SSSR count). The van der Waals surface area contributed by atoms with Crippen molar-refractivity contribution in [2.75, 3.05) is 5.32 Å². The van der Waals surface area contributed by atoms with Crippen LogP contribution in [0, 0.1) is 5.92 Å². The van der Waals surface area contributed by atoms with Crippen LogP contribution in [-0.2, 0) is 16.0 Å². The van der Waals surface area contributed by atoms with Gasteiger partial charge in [-0.25, -0.2) is 4.98 Å². The van der Waals surface area contributed by atoms with E-state index in [1.807, 2.05) is 13.8 Å². The van der Waals surface area contributed by atoms with E-state index in [1.54, 1.807) is 11.4 Å². The molecule has 0 aromatic carbocycles. The van der Waals surface area contributed by atoms with Crippen LogP contribution in [0.3, 0.4) is 0 Å². The summed E-state index contributed by atoms with van der Waals surface area (Å²) in [5, 5.41) is 7.25. The highest BCUT2D eigenvalue weighted by atomic mass is 79.9. The number of nitrogens with one attached hydrogen (secondary N) is 2. The number of halogens is 1. The molecule has 10 heteroatoms. The lowest BCUT2D eigenvalue weighted by atomic mass is 9.98. The zero-order valence-corrected chi connectivity index (χ0v) is 16.6. The molecular weight excluding hydrogens is 424 g/mol. The quantitative estimate of drug-likeness (QED) is 0.577. The van der Waals surface area contributed by atoms with E-state index < -0.39 is 17.9 Å². The fraction of sp³-hybridized carbons (Fsp3) is 0.375. The zero-order chi connectivity index (χ0) is 19.3. The largest absolute Gasteiger partial charge is 0.444 e. The SMILES string of the molecule is CCC(C)C(NC(=O)Cc1csc(NC(=O)c2ccc(Br)o2)n1)C(N)=O. The van der Waals surface area contributed by atoms with Gasteiger partial charge in [0, 0.05) is 5.38 Å². The van der Waals surface area contributed by atoms with Crippen molar-refractivity contribution in [3.8, 4) is 0 Å². The van der Waals surface area contributed by atoms with Crippen molar-refractivity contribution in [3.63, 3.8) is 0 Å². The maximum absolute atomic E-state index is 12.1. The Balaban J connectivity index is 1.93. The van der Waals surface area contributed by atoms with Gasteiger partial charge in [-0.15, -0.1) is 11.3 Å². The average Bonchev–Trinajstić information content (AvgIpc) is 3.20. The molecule has 0 saturated carbocycles. The first-order valence-electron chi connectivity index (χ1n) is 7.90. The van der Waals surface area contributed by atoms with Crippen LogP contribution in [0.4, 0.5) is 5.13 Å². The summed E-state index contributed by atoms with van der Waals surface area (Å²) < 4.78 is 5.61. The van der Waals surface area contributed by atoms with Gasteiger partial charge in [0.1, 0.15) is 6.04 Å². The van der Waals surface area contributed by atoms with Crippen molar-refractivity contribution in [1.82, 2.24) is 10.3 Å². The van der Waals surface area contributed by atoms with Crippen molar-refractivity contribution in [3.05, 3.63) is 33.6 Å². The molecule has 2 aromatic rings. The highest BCUT2D eigenvalue weighted by Crippen LogP contribution is 2.19. The predicted molar refractivity (Wildman–Crippen MR) is 101 cm³/mol. The Bertz CT molecular complexity index is 804. The third kappa shape index (κ3) is 5.40. The van der Waals surface area contributed by atoms with Crippen LogP contribution in [0.5, 0.6) is 0 Å². The molecule has 0 saturated heterocycles. The summed E-state index contributed by atoms with van der Waals surface area (Å²) in [6.45, 7) is 3.76. The van der Waals surface area contributed by atoms with Crippen molar-refractivity contribution >= 4 is 50.1 Å². The van der Waals surface area contributed by atoms with E-state index in [9.17, 15) is 14.4 Å². The molecular formula is C16H19BrN4O4S. The van der Waals surface area contributed by atoms with Crippen LogP contribution in [0.1, 0.15) is 36.5 Å². The lowest BCUT2D eigenvalue weighted by molar-refractivity contribution is -0.128. The lowest BCUT2D eigenvalue weighted by Gasteiger charge is -2.20. The maximum atomic E-state index is 12.1. The van der Waals surface area contributed by atoms with Crippen LogP contribution in [0.25, 0.3) is 0 Å². The molecule has 0 aliphatic carbocycles. The van der Waals surface area contributed by atoms with Crippen molar-refractivity contribution in [1.29, 1.82) is 0 Å². The molecule has 0 fully saturated rings. The van der Waals surface area contributed by atoms with Gasteiger partial charge in [-0.3, -0.25) is 19.7 Å². The number of amides is 3. The van der Waals surface area contributed by atoms with Gasteiger partial charge in [-0.05, 0) is 34.0 Å². The monoisotopic (exact) mass is 442 g/mol. The minimum absolute atomic E-state index is 0.0150. The van der Waals surface area contributed by atoms with Gasteiger partial charge >= 0.3 is 0 Å². The third-order valence-electron chi connectivity index (χ3n) is 3.75. The second kappa shape index (κ2) is 8.95. The molecule has 0 radical (unpaired) electrons. The van der Waals surface area contributed by atoms with Crippen LogP contribution < -0.4 is 16.4 Å². The van der Waals surface area contributed by atoms with Gasteiger partial charge in [0.25, 0.3) is 5.91 Å². The molecule has 26 heavy (non-hydrogen) atoms. The summed E-state index contributed by atoms with van der Waals surface area (Å²) in [4.78, 5) is 39.8. The molecule has 0 aliphatic rings. The average molecular weight is 443 g/mol. The maximum Gasteiger partial charge on any atom is 0.293 e. The van der Waals surface area contributed by atoms with E-state index in [4.69, 9.17) is 10.2 Å². The second-order valence-corrected chi connectivity index (χ2v) is 7.35. The van der Waals surface area contributed by atoms with Crippen LogP contribution in [0.2, 0.25) is 0 Å². The van der Waals surface area contributed by atoms with Crippen molar-refractivity contribution in [2.24, 2.45) is 11.7 Å². The minimum atomic E-state index is -0.720. The van der Waals surface area contributed by atoms with Gasteiger partial charge in [0.15, 0.2) is 15.6 Å². The molecule has 2 heterocycles. The summed E-state index contributed by atoms with van der Waals surface area (Å²) in [7, 11) is 0. The van der Waals surface area contributed by atoms with Crippen LogP contribution in [0.15, 0.2) is 26.6 Å². The standard InChI is InChI=1S/C16H19BrN4O4S/c1-3-8(2)13(14(18)23)20-12(22)6-9-7-26-16(19-9)21-15(24)10-4-5-11(17)25-10/h4-5,7-8,13H,3,6H2,1-2H3,(H2,18,23)(H,20,22)(H,19,21,24). The van der Waals surface area contributed by atoms with Crippen LogP contribution in [-0.4, -0.2) is 28.7 Å². The molecule has 0 aliphatic heterocycles. The molecule has 2 unspecified atom stereocenters. The van der Waals surface area contributed by atoms with Crippen molar-refractivity contribution in [2.45, 2.75) is 32.7 Å². The Morgan fingerprint density at radius 1 is 1.38 bits per heavy atom. The second-order valence-electron chi connectivity index (χ2n) is 5.71. The molecule has 0 bridgehead atoms. The summed E-state index contributed by atoms with van der Waals surface area (Å²) >= 11 is 4.31. The number of furan rings is 1. The molecule has 2 atom stereocenters. The Morgan fingerprint density at radius 3 is 2.69 bits per heavy atom. The third-order valence-corrected chi connectivity index (χ3v) is 4.98. The number of hydrogen-bond acceptors (Lipinski definition) is 6. The highest BCUT2D eigenvalue weighted by molar-refractivity contribution is 9.10. The molecule has 4 N–H and O–H groups in total. The van der Waals surface area contributed by atoms with Gasteiger partial charge in [-0.1, -0.05) is 20.3 Å². The molecule has 140 valence electrons. The number of carbonyl (C=O) groups excluding carboxylic acids is 3. The molecule has 8 nitrogen and oxygen atoms in total. The number of thiazole rings is 1. The lowest BCUT2D eigenvalue weighted by Crippen LogP contribution is -2.48. The summed E-state index contributed by atoms with van der Waals surface area (Å²) in [6, 6.07) is 2.42. The first-order valence-corrected chi connectivity index (χ1v) is 9.57. The molecule has 0 spiro atoms. The van der Waals surface area contributed by atoms with Gasteiger partial charge in [0.05, 0.1) is 12.1 Å². The van der Waals surface area contributed by atoms with Gasteiger partial charge < -0.3 is 15.5 Å². The normalized spacial score (nSPS) is 13.0. The van der Waals surface area contributed by atoms with E-state index in [1.165, 1.54) is 17.4 Å². The number of hydrogen-bond donors (Lipinski definition) is 3. The van der Waals surface area contributed by atoms with E-state index in [0.717, 1.165) is 0 Å². The zero-order valence-electron chi connectivity index (χ0n) is 14.2. The Morgan fingerprint density at radius 2 is 2.12 bits per heavy atom. The Labute approximate surface area is 162 Å². The number of nitrogens with two attached hydrogens (primary N) is 1. The highest BCUT2D eigenvalue weighted by Gasteiger charge is 2.24. The van der Waals surface area contributed by atoms with Gasteiger partial charge in [-0.2, -0.15) is 0 Å². The molecule has 3 amide bonds. The summed E-state index contributed by atoms with van der Waals surface area (Å²) in [6.07, 6.45) is 0.697.